The molecule has 0 amide bonds. The van der Waals surface area contributed by atoms with Gasteiger partial charge in [-0.1, -0.05) is 60.7 Å². The van der Waals surface area contributed by atoms with E-state index < -0.39 is 6.10 Å². The Labute approximate surface area is 176 Å². The molecule has 0 aromatic heterocycles. The first-order valence-electron chi connectivity index (χ1n) is 10.5. The topological polar surface area (TPSA) is 72.8 Å². The van der Waals surface area contributed by atoms with Gasteiger partial charge in [-0.05, 0) is 30.5 Å². The number of aryl methyl sites for hydroxylation is 1. The highest BCUT2D eigenvalue weighted by atomic mass is 16.6. The third kappa shape index (κ3) is 4.79. The molecule has 2 fully saturated rings. The van der Waals surface area contributed by atoms with Crippen molar-refractivity contribution >= 4 is 11.9 Å². The van der Waals surface area contributed by atoms with Gasteiger partial charge in [-0.15, -0.1) is 0 Å². The summed E-state index contributed by atoms with van der Waals surface area (Å²) in [6, 6.07) is 18.9. The second kappa shape index (κ2) is 9.26. The number of benzene rings is 2. The molecule has 1 aliphatic carbocycles. The molecule has 2 aromatic rings. The lowest BCUT2D eigenvalue weighted by Crippen LogP contribution is -2.25. The van der Waals surface area contributed by atoms with Gasteiger partial charge in [0.05, 0.1) is 18.1 Å². The van der Waals surface area contributed by atoms with Crippen molar-refractivity contribution in [1.82, 2.24) is 0 Å². The maximum atomic E-state index is 12.5. The molecule has 156 valence electrons. The Morgan fingerprint density at radius 2 is 1.83 bits per heavy atom. The van der Waals surface area contributed by atoms with Gasteiger partial charge >= 0.3 is 11.9 Å². The molecule has 5 atom stereocenters. The van der Waals surface area contributed by atoms with Crippen LogP contribution in [0.3, 0.4) is 0 Å². The third-order valence-electron chi connectivity index (χ3n) is 5.95. The highest BCUT2D eigenvalue weighted by molar-refractivity contribution is 5.89. The number of hydrogen-bond acceptors (Lipinski definition) is 5. The lowest BCUT2D eigenvalue weighted by Gasteiger charge is -2.20. The third-order valence-corrected chi connectivity index (χ3v) is 5.95. The van der Waals surface area contributed by atoms with E-state index in [2.05, 4.69) is 0 Å². The van der Waals surface area contributed by atoms with Crippen molar-refractivity contribution in [3.8, 4) is 0 Å². The van der Waals surface area contributed by atoms with Gasteiger partial charge in [0, 0.05) is 18.3 Å². The number of carbonyl (C=O) groups is 2. The van der Waals surface area contributed by atoms with E-state index in [1.54, 1.807) is 30.3 Å². The van der Waals surface area contributed by atoms with E-state index in [1.807, 2.05) is 42.5 Å². The van der Waals surface area contributed by atoms with Crippen LogP contribution >= 0.6 is 0 Å². The average Bonchev–Trinajstić information content (AvgIpc) is 3.27. The molecular formula is C25H26O5. The van der Waals surface area contributed by atoms with Gasteiger partial charge in [0.1, 0.15) is 12.2 Å². The van der Waals surface area contributed by atoms with Crippen molar-refractivity contribution in [2.75, 3.05) is 0 Å². The summed E-state index contributed by atoms with van der Waals surface area (Å²) in [7, 11) is 0. The molecule has 30 heavy (non-hydrogen) atoms. The summed E-state index contributed by atoms with van der Waals surface area (Å²) in [6.07, 6.45) is 4.65. The van der Waals surface area contributed by atoms with E-state index >= 15 is 0 Å². The summed E-state index contributed by atoms with van der Waals surface area (Å²) < 4.78 is 11.2. The number of esters is 2. The molecule has 1 aliphatic heterocycles. The van der Waals surface area contributed by atoms with E-state index in [-0.39, 0.29) is 36.0 Å². The van der Waals surface area contributed by atoms with E-state index in [0.29, 0.717) is 24.8 Å². The molecule has 4 unspecified atom stereocenters. The zero-order valence-electron chi connectivity index (χ0n) is 16.7. The van der Waals surface area contributed by atoms with Crippen LogP contribution in [0, 0.1) is 11.8 Å². The fourth-order valence-corrected chi connectivity index (χ4v) is 4.38. The van der Waals surface area contributed by atoms with Crippen LogP contribution in [-0.4, -0.2) is 35.4 Å². The minimum absolute atomic E-state index is 0.0244. The van der Waals surface area contributed by atoms with Gasteiger partial charge in [0.25, 0.3) is 0 Å². The molecule has 0 bridgehead atoms. The lowest BCUT2D eigenvalue weighted by molar-refractivity contribution is -0.141. The maximum Gasteiger partial charge on any atom is 0.338 e. The smallest absolute Gasteiger partial charge is 0.338 e. The molecular weight excluding hydrogens is 380 g/mol. The molecule has 5 heteroatoms. The first-order valence-corrected chi connectivity index (χ1v) is 10.5. The Morgan fingerprint density at radius 3 is 2.57 bits per heavy atom. The van der Waals surface area contributed by atoms with E-state index in [1.165, 1.54) is 5.56 Å². The fourth-order valence-electron chi connectivity index (χ4n) is 4.38. The van der Waals surface area contributed by atoms with Crippen molar-refractivity contribution in [2.24, 2.45) is 11.8 Å². The zero-order chi connectivity index (χ0) is 20.9. The normalized spacial score (nSPS) is 26.4. The predicted molar refractivity (Wildman–Crippen MR) is 112 cm³/mol. The Balaban J connectivity index is 1.41. The van der Waals surface area contributed by atoms with Crippen LogP contribution in [-0.2, 0) is 20.7 Å². The van der Waals surface area contributed by atoms with Crippen LogP contribution in [0.1, 0.15) is 35.2 Å². The first-order chi connectivity index (χ1) is 14.6. The van der Waals surface area contributed by atoms with Gasteiger partial charge < -0.3 is 14.6 Å². The molecule has 0 radical (unpaired) electrons. The fraction of sp³-hybridized carbons (Fsp3) is 0.360. The number of aliphatic hydroxyl groups is 1. The molecule has 2 aromatic carbocycles. The van der Waals surface area contributed by atoms with Crippen LogP contribution in [0.25, 0.3) is 0 Å². The standard InChI is InChI=1S/C25H26O5/c26-19(12-11-17-7-3-1-4-8-17)13-14-20-21-15-24(27)29-23(21)16-22(20)30-25(28)18-9-5-2-6-10-18/h1-10,13-14,19-23,26H,11-12,15-16H2/t19?,20?,21?,22-,23?/m1/s1. The van der Waals surface area contributed by atoms with Gasteiger partial charge in [0.15, 0.2) is 0 Å². The van der Waals surface area contributed by atoms with E-state index in [9.17, 15) is 14.7 Å². The average molecular weight is 406 g/mol. The quantitative estimate of drug-likeness (QED) is 0.561. The van der Waals surface area contributed by atoms with Crippen molar-refractivity contribution in [2.45, 2.75) is 44.0 Å². The highest BCUT2D eigenvalue weighted by Gasteiger charge is 2.50. The van der Waals surface area contributed by atoms with Crippen molar-refractivity contribution in [3.63, 3.8) is 0 Å². The number of rotatable bonds is 7. The second-order valence-corrected chi connectivity index (χ2v) is 8.00. The van der Waals surface area contributed by atoms with Crippen molar-refractivity contribution in [3.05, 3.63) is 83.9 Å². The maximum absolute atomic E-state index is 12.5. The predicted octanol–water partition coefficient (Wildman–Crippen LogP) is 3.71. The molecule has 4 rings (SSSR count). The Kier molecular flexibility index (Phi) is 6.29. The van der Waals surface area contributed by atoms with Gasteiger partial charge in [-0.25, -0.2) is 4.79 Å². The van der Waals surface area contributed by atoms with Crippen LogP contribution in [0.4, 0.5) is 0 Å². The number of carbonyl (C=O) groups excluding carboxylic acids is 2. The zero-order valence-corrected chi connectivity index (χ0v) is 16.7. The highest BCUT2D eigenvalue weighted by Crippen LogP contribution is 2.43. The summed E-state index contributed by atoms with van der Waals surface area (Å²) in [6.45, 7) is 0. The Bertz CT molecular complexity index is 892. The lowest BCUT2D eigenvalue weighted by atomic mass is 9.91. The van der Waals surface area contributed by atoms with Crippen molar-refractivity contribution < 1.29 is 24.2 Å². The van der Waals surface area contributed by atoms with E-state index in [4.69, 9.17) is 9.47 Å². The van der Waals surface area contributed by atoms with Crippen molar-refractivity contribution in [1.29, 1.82) is 0 Å². The van der Waals surface area contributed by atoms with Crippen LogP contribution in [0.5, 0.6) is 0 Å². The minimum atomic E-state index is -0.604. The minimum Gasteiger partial charge on any atom is -0.462 e. The summed E-state index contributed by atoms with van der Waals surface area (Å²) in [4.78, 5) is 24.3. The van der Waals surface area contributed by atoms with Crippen LogP contribution < -0.4 is 0 Å². The summed E-state index contributed by atoms with van der Waals surface area (Å²) in [5.74, 6) is -0.764. The number of hydrogen-bond donors (Lipinski definition) is 1. The monoisotopic (exact) mass is 406 g/mol. The van der Waals surface area contributed by atoms with Gasteiger partial charge in [0.2, 0.25) is 0 Å². The Hall–Kier alpha value is -2.92. The molecule has 0 spiro atoms. The first kappa shape index (κ1) is 20.4. The van der Waals surface area contributed by atoms with Crippen LogP contribution in [0.2, 0.25) is 0 Å². The number of fused-ring (bicyclic) bond motifs is 1. The molecule has 5 nitrogen and oxygen atoms in total. The molecule has 1 saturated heterocycles. The molecule has 1 heterocycles. The summed E-state index contributed by atoms with van der Waals surface area (Å²) in [5.41, 5.74) is 1.67. The van der Waals surface area contributed by atoms with Crippen LogP contribution in [0.15, 0.2) is 72.8 Å². The SMILES string of the molecule is O=C1CC2C(C[C@@H](OC(=O)c3ccccc3)C2C=CC(O)CCc2ccccc2)O1. The van der Waals surface area contributed by atoms with E-state index in [0.717, 1.165) is 6.42 Å². The summed E-state index contributed by atoms with van der Waals surface area (Å²) in [5, 5.41) is 10.4. The molecule has 2 aliphatic rings. The van der Waals surface area contributed by atoms with Gasteiger partial charge in [-0.3, -0.25) is 4.79 Å². The molecule has 1 saturated carbocycles. The Morgan fingerprint density at radius 1 is 1.13 bits per heavy atom. The second-order valence-electron chi connectivity index (χ2n) is 8.00. The largest absolute Gasteiger partial charge is 0.462 e. The summed E-state index contributed by atoms with van der Waals surface area (Å²) >= 11 is 0. The molecule has 1 N–H and O–H groups in total. The number of ether oxygens (including phenoxy) is 2. The number of aliphatic hydroxyl groups excluding tert-OH is 1. The van der Waals surface area contributed by atoms with Gasteiger partial charge in [-0.2, -0.15) is 0 Å².